The van der Waals surface area contributed by atoms with Crippen molar-refractivity contribution in [1.82, 2.24) is 0 Å². The topological polar surface area (TPSA) is 109 Å². The van der Waals surface area contributed by atoms with Crippen molar-refractivity contribution in [3.63, 3.8) is 0 Å². The summed E-state index contributed by atoms with van der Waals surface area (Å²) in [6, 6.07) is 17.7. The number of rotatable bonds is 8. The Morgan fingerprint density at radius 1 is 1.15 bits per heavy atom. The fourth-order valence-corrected chi connectivity index (χ4v) is 4.28. The van der Waals surface area contributed by atoms with Crippen LogP contribution in [0.5, 0.6) is 5.75 Å². The summed E-state index contributed by atoms with van der Waals surface area (Å²) < 4.78 is 11.3. The Morgan fingerprint density at radius 2 is 1.97 bits per heavy atom. The molecule has 8 heteroatoms. The predicted molar refractivity (Wildman–Crippen MR) is 120 cm³/mol. The number of carboxylic acids is 1. The van der Waals surface area contributed by atoms with Gasteiger partial charge in [0.05, 0.1) is 36.7 Å². The van der Waals surface area contributed by atoms with E-state index in [-0.39, 0.29) is 16.6 Å². The number of carboxylic acid groups (broad SMARTS) is 1. The molecule has 0 saturated heterocycles. The minimum Gasteiger partial charge on any atom is -0.548 e. The number of ether oxygens (including phenoxy) is 2. The first-order chi connectivity index (χ1) is 16.0. The van der Waals surface area contributed by atoms with Gasteiger partial charge in [0, 0.05) is 5.92 Å². The lowest BCUT2D eigenvalue weighted by atomic mass is 9.79. The highest BCUT2D eigenvalue weighted by Crippen LogP contribution is 2.43. The molecule has 0 bridgehead atoms. The number of nitrogens with zero attached hydrogens (tertiary/aromatic N) is 3. The quantitative estimate of drug-likeness (QED) is 0.495. The summed E-state index contributed by atoms with van der Waals surface area (Å²) >= 11 is 0. The van der Waals surface area contributed by atoms with Gasteiger partial charge in [-0.3, -0.25) is 4.99 Å². The number of nitrogens with two attached hydrogens (primary N) is 1. The van der Waals surface area contributed by atoms with E-state index in [1.165, 1.54) is 0 Å². The maximum atomic E-state index is 10.6. The van der Waals surface area contributed by atoms with E-state index < -0.39 is 12.6 Å². The molecular formula is C25H24N4O4. The van der Waals surface area contributed by atoms with Gasteiger partial charge < -0.3 is 19.4 Å². The molecule has 0 aromatic heterocycles. The third kappa shape index (κ3) is 4.23. The molecular weight excluding hydrogens is 420 g/mol. The number of fused-ring (bicyclic) bond motifs is 1. The maximum absolute atomic E-state index is 10.6. The first-order valence-electron chi connectivity index (χ1n) is 10.8. The number of aliphatic carboxylic acids is 1. The number of amidine groups is 1. The highest BCUT2D eigenvalue weighted by molar-refractivity contribution is 6.00. The second kappa shape index (κ2) is 8.74. The summed E-state index contributed by atoms with van der Waals surface area (Å²) in [7, 11) is 0. The molecule has 2 N–H and O–H groups in total. The van der Waals surface area contributed by atoms with Crippen molar-refractivity contribution in [2.75, 3.05) is 6.61 Å². The average Bonchev–Trinajstić information content (AvgIpc) is 3.10. The number of hydrogen-bond donors (Lipinski definition) is 1. The Bertz CT molecular complexity index is 1180. The van der Waals surface area contributed by atoms with Gasteiger partial charge in [-0.1, -0.05) is 36.4 Å². The molecule has 8 nitrogen and oxygen atoms in total. The fourth-order valence-electron chi connectivity index (χ4n) is 4.28. The molecule has 1 unspecified atom stereocenters. The van der Waals surface area contributed by atoms with E-state index in [1.807, 2.05) is 54.6 Å². The lowest BCUT2D eigenvalue weighted by Gasteiger charge is -2.35. The summed E-state index contributed by atoms with van der Waals surface area (Å²) in [4.78, 5) is 19.9. The van der Waals surface area contributed by atoms with Crippen molar-refractivity contribution in [2.24, 2.45) is 21.7 Å². The molecule has 2 heterocycles. The molecule has 1 fully saturated rings. The van der Waals surface area contributed by atoms with Crippen molar-refractivity contribution in [2.45, 2.75) is 25.6 Å². The first kappa shape index (κ1) is 21.3. The average molecular weight is 444 g/mol. The van der Waals surface area contributed by atoms with E-state index in [2.05, 4.69) is 4.99 Å². The summed E-state index contributed by atoms with van der Waals surface area (Å²) in [5.74, 6) is 7.14. The molecule has 1 saturated carbocycles. The number of aliphatic imine (C=N–C) groups is 2. The van der Waals surface area contributed by atoms with Crippen molar-refractivity contribution in [3.05, 3.63) is 89.5 Å². The molecule has 0 radical (unpaired) electrons. The minimum absolute atomic E-state index is 0.0674. The largest absolute Gasteiger partial charge is 0.548 e. The van der Waals surface area contributed by atoms with Gasteiger partial charge in [-0.2, -0.15) is 10.8 Å². The zero-order chi connectivity index (χ0) is 22.8. The van der Waals surface area contributed by atoms with Gasteiger partial charge >= 0.3 is 0 Å². The van der Waals surface area contributed by atoms with E-state index in [0.717, 1.165) is 28.3 Å². The molecule has 2 aromatic rings. The van der Waals surface area contributed by atoms with Gasteiger partial charge in [0.2, 0.25) is 5.70 Å². The molecule has 0 amide bonds. The van der Waals surface area contributed by atoms with Crippen molar-refractivity contribution in [3.8, 4) is 5.75 Å². The number of benzene rings is 2. The normalized spacial score (nSPS) is 25.4. The standard InChI is InChI=1S/C25H24N4O4/c26-29-10-9-27-14-22(29)24(19-12-21(13-19)33-16-23(30)31)28-25(29)18-7-4-8-20(11-18)32-15-17-5-2-1-3-6-17/h1-11,14,19,21H,12-13,15-16,26H2. The molecule has 1 atom stereocenters. The van der Waals surface area contributed by atoms with E-state index in [4.69, 9.17) is 20.3 Å². The Labute approximate surface area is 191 Å². The van der Waals surface area contributed by atoms with E-state index in [1.54, 1.807) is 18.6 Å². The second-order valence-electron chi connectivity index (χ2n) is 8.33. The fraction of sp³-hybridized carbons (Fsp3) is 0.240. The van der Waals surface area contributed by atoms with Crippen LogP contribution in [0.2, 0.25) is 0 Å². The molecule has 33 heavy (non-hydrogen) atoms. The van der Waals surface area contributed by atoms with Gasteiger partial charge in [0.15, 0.2) is 0 Å². The maximum Gasteiger partial charge on any atom is 0.265 e. The predicted octanol–water partition coefficient (Wildman–Crippen LogP) is 2.03. The molecule has 168 valence electrons. The van der Waals surface area contributed by atoms with Crippen LogP contribution in [0.1, 0.15) is 24.0 Å². The number of hydrogen-bond acceptors (Lipinski definition) is 7. The van der Waals surface area contributed by atoms with E-state index in [0.29, 0.717) is 25.3 Å². The Morgan fingerprint density at radius 3 is 2.76 bits per heavy atom. The van der Waals surface area contributed by atoms with Gasteiger partial charge in [0.25, 0.3) is 5.84 Å². The van der Waals surface area contributed by atoms with Crippen LogP contribution in [-0.4, -0.2) is 35.3 Å². The van der Waals surface area contributed by atoms with Crippen LogP contribution in [0.4, 0.5) is 0 Å². The number of carbonyl (C=O) groups is 1. The van der Waals surface area contributed by atoms with Gasteiger partial charge in [-0.05, 0) is 36.6 Å². The third-order valence-electron chi connectivity index (χ3n) is 6.08. The highest BCUT2D eigenvalue weighted by Gasteiger charge is 2.48. The van der Waals surface area contributed by atoms with E-state index >= 15 is 0 Å². The van der Waals surface area contributed by atoms with Crippen molar-refractivity contribution in [1.29, 1.82) is 0 Å². The van der Waals surface area contributed by atoms with Crippen LogP contribution < -0.4 is 15.7 Å². The zero-order valence-electron chi connectivity index (χ0n) is 18.0. The Hall–Kier alpha value is -3.59. The SMILES string of the molecule is N[N+]12C=CN=CC1=C(C1CC(OCC(=O)[O-])C1)N=C2c1cccc(OCc2ccccc2)c1. The summed E-state index contributed by atoms with van der Waals surface area (Å²) in [6.07, 6.45) is 6.47. The third-order valence-corrected chi connectivity index (χ3v) is 6.08. The molecule has 0 spiro atoms. The van der Waals surface area contributed by atoms with Gasteiger partial charge in [0.1, 0.15) is 24.3 Å². The lowest BCUT2D eigenvalue weighted by molar-refractivity contribution is -0.750. The van der Waals surface area contributed by atoms with Crippen molar-refractivity contribution >= 4 is 18.0 Å². The number of carbonyl (C=O) groups excluding carboxylic acids is 1. The summed E-state index contributed by atoms with van der Waals surface area (Å²) in [6.45, 7) is 0.0741. The van der Waals surface area contributed by atoms with Crippen LogP contribution in [-0.2, 0) is 16.1 Å². The van der Waals surface area contributed by atoms with Crippen LogP contribution in [0, 0.1) is 5.92 Å². The number of allylic oxidation sites excluding steroid dienone is 2. The summed E-state index contributed by atoms with van der Waals surface area (Å²) in [5, 5.41) is 10.6. The number of quaternary nitrogens is 1. The first-order valence-corrected chi connectivity index (χ1v) is 10.8. The van der Waals surface area contributed by atoms with Crippen LogP contribution in [0.3, 0.4) is 0 Å². The molecule has 2 aromatic carbocycles. The molecule has 5 rings (SSSR count). The molecule has 3 aliphatic rings. The smallest absolute Gasteiger partial charge is 0.265 e. The molecule has 1 aliphatic carbocycles. The lowest BCUT2D eigenvalue weighted by Crippen LogP contribution is -2.53. The second-order valence-corrected chi connectivity index (χ2v) is 8.33. The van der Waals surface area contributed by atoms with Crippen LogP contribution >= 0.6 is 0 Å². The Kier molecular flexibility index (Phi) is 5.63. The monoisotopic (exact) mass is 444 g/mol. The zero-order valence-corrected chi connectivity index (χ0v) is 18.0. The van der Waals surface area contributed by atoms with E-state index in [9.17, 15) is 9.90 Å². The molecule has 2 aliphatic heterocycles. The Balaban J connectivity index is 1.36. The van der Waals surface area contributed by atoms with Gasteiger partial charge in [-0.15, -0.1) is 4.59 Å². The van der Waals surface area contributed by atoms with Gasteiger partial charge in [-0.25, -0.2) is 0 Å². The summed E-state index contributed by atoms with van der Waals surface area (Å²) in [5.41, 5.74) is 3.63. The minimum atomic E-state index is -1.21. The highest BCUT2D eigenvalue weighted by atomic mass is 16.5. The van der Waals surface area contributed by atoms with Crippen LogP contribution in [0.25, 0.3) is 0 Å². The van der Waals surface area contributed by atoms with Crippen LogP contribution in [0.15, 0.2) is 88.4 Å². The van der Waals surface area contributed by atoms with Crippen molar-refractivity contribution < 1.29 is 24.0 Å².